The van der Waals surface area contributed by atoms with Crippen molar-refractivity contribution in [3.63, 3.8) is 0 Å². The second kappa shape index (κ2) is 30.6. The second-order valence-electron chi connectivity index (χ2n) is 22.8. The first-order valence-electron chi connectivity index (χ1n) is 27.9. The van der Waals surface area contributed by atoms with Crippen LogP contribution in [0, 0.1) is 17.8 Å². The van der Waals surface area contributed by atoms with Crippen molar-refractivity contribution < 1.29 is 47.9 Å². The Morgan fingerprint density at radius 3 is 1.73 bits per heavy atom. The van der Waals surface area contributed by atoms with Gasteiger partial charge in [-0.3, -0.25) is 38.4 Å². The predicted molar refractivity (Wildman–Crippen MR) is 302 cm³/mol. The molecule has 26 nitrogen and oxygen atoms in total. The number of nitrogens with zero attached hydrogens (tertiary/aromatic N) is 4. The molecule has 1 aliphatic rings. The van der Waals surface area contributed by atoms with Crippen molar-refractivity contribution in [2.75, 3.05) is 6.54 Å². The average molecular weight is 1140 g/mol. The van der Waals surface area contributed by atoms with Crippen LogP contribution in [0.4, 0.5) is 4.79 Å². The van der Waals surface area contributed by atoms with Gasteiger partial charge in [0.1, 0.15) is 47.9 Å². The number of hydrogen-bond donors (Lipinski definition) is 12. The molecule has 1 aliphatic heterocycles. The SMILES string of the molecule is CC[C@H](C)[C@H](NC(=O)[C@@H](NC(=O)C[C@@H](N)[C@H](CC(C)C)NC(=O)[C@H](Cc1cnc[nH]1)NC(=O)[C@H](Cc1ccccc1)NC(=O)[C@@H]1CCCN1C(=O)[C@H](Cc1cnc[nH]1)NC(=O)OC(C)(C)C)C(C)C)C(=O)N[C@@H](Cc1cnc[nH]1)C(N)=O. The van der Waals surface area contributed by atoms with E-state index in [2.05, 4.69) is 67.1 Å². The number of benzene rings is 1. The number of likely N-dealkylation sites (tertiary alicyclic amines) is 1. The molecule has 5 rings (SSSR count). The highest BCUT2D eigenvalue weighted by atomic mass is 16.6. The zero-order valence-corrected chi connectivity index (χ0v) is 48.4. The number of nitrogens with two attached hydrogens (primary N) is 2. The van der Waals surface area contributed by atoms with Gasteiger partial charge in [0.05, 0.1) is 19.0 Å². The Bertz CT molecular complexity index is 2710. The van der Waals surface area contributed by atoms with Gasteiger partial charge < -0.3 is 73.3 Å². The quantitative estimate of drug-likeness (QED) is 0.0345. The van der Waals surface area contributed by atoms with E-state index >= 15 is 0 Å². The van der Waals surface area contributed by atoms with E-state index in [1.165, 1.54) is 42.5 Å². The van der Waals surface area contributed by atoms with Crippen LogP contribution < -0.4 is 48.7 Å². The van der Waals surface area contributed by atoms with Gasteiger partial charge in [0.15, 0.2) is 0 Å². The van der Waals surface area contributed by atoms with Gasteiger partial charge in [0.25, 0.3) is 0 Å². The zero-order chi connectivity index (χ0) is 60.3. The van der Waals surface area contributed by atoms with Gasteiger partial charge in [-0.05, 0) is 63.4 Å². The first-order valence-corrected chi connectivity index (χ1v) is 27.9. The summed E-state index contributed by atoms with van der Waals surface area (Å²) in [6.45, 7) is 16.1. The van der Waals surface area contributed by atoms with Crippen LogP contribution in [-0.2, 0) is 68.8 Å². The third kappa shape index (κ3) is 20.1. The standard InChI is InChI=1S/C56H84N16O10/c1-10-33(6)47(53(79)66-40(48(58)74)21-35-25-59-28-62-35)71-52(78)46(32(4)5)70-45(73)24-38(57)39(19-31(2)3)65-50(76)42(22-36-26-60-29-63-36)67-49(75)41(20-34-15-12-11-13-16-34)68-51(77)44-17-14-18-72(44)54(80)43(23-37-27-61-30-64-37)69-55(81)82-56(7,8)9/h11-13,15-16,25-33,38-44,46-47H,10,14,17-24,57H2,1-9H3,(H2,58,74)(H,59,62)(H,60,63)(H,61,64)(H,65,76)(H,66,79)(H,67,75)(H,68,77)(H,69,81)(H,70,73)(H,71,78)/t33-,38+,39-,40-,41-,42-,43-,44-,46-,47-/m0/s1. The van der Waals surface area contributed by atoms with E-state index in [1.807, 2.05) is 20.8 Å². The molecule has 9 amide bonds. The van der Waals surface area contributed by atoms with Crippen LogP contribution in [0.15, 0.2) is 67.9 Å². The van der Waals surface area contributed by atoms with E-state index in [-0.39, 0.29) is 51.0 Å². The number of H-pyrrole nitrogens is 3. The molecule has 10 atom stereocenters. The van der Waals surface area contributed by atoms with Gasteiger partial charge in [0, 0.05) is 86.4 Å². The van der Waals surface area contributed by atoms with Crippen molar-refractivity contribution in [2.24, 2.45) is 29.2 Å². The molecule has 0 unspecified atom stereocenters. The lowest BCUT2D eigenvalue weighted by Crippen LogP contribution is -2.60. The van der Waals surface area contributed by atoms with Crippen molar-refractivity contribution in [2.45, 2.75) is 180 Å². The third-order valence-corrected chi connectivity index (χ3v) is 14.0. The number of aromatic nitrogens is 6. The summed E-state index contributed by atoms with van der Waals surface area (Å²) in [4.78, 5) is 147. The lowest BCUT2D eigenvalue weighted by molar-refractivity contribution is -0.141. The Labute approximate surface area is 478 Å². The van der Waals surface area contributed by atoms with Crippen LogP contribution in [0.5, 0.6) is 0 Å². The fourth-order valence-electron chi connectivity index (χ4n) is 9.50. The van der Waals surface area contributed by atoms with Gasteiger partial charge in [-0.15, -0.1) is 0 Å². The van der Waals surface area contributed by atoms with Crippen molar-refractivity contribution in [1.82, 2.24) is 72.0 Å². The topological polar surface area (TPSA) is 388 Å². The summed E-state index contributed by atoms with van der Waals surface area (Å²) in [6.07, 6.45) is 9.14. The van der Waals surface area contributed by atoms with E-state index in [4.69, 9.17) is 16.2 Å². The maximum atomic E-state index is 14.7. The van der Waals surface area contributed by atoms with Gasteiger partial charge in [-0.25, -0.2) is 19.7 Å². The molecule has 14 N–H and O–H groups in total. The number of carbonyl (C=O) groups is 9. The summed E-state index contributed by atoms with van der Waals surface area (Å²) in [7, 11) is 0. The lowest BCUT2D eigenvalue weighted by Gasteiger charge is -2.31. The van der Waals surface area contributed by atoms with E-state index in [0.29, 0.717) is 41.9 Å². The zero-order valence-electron chi connectivity index (χ0n) is 48.4. The van der Waals surface area contributed by atoms with Gasteiger partial charge in [-0.1, -0.05) is 78.3 Å². The monoisotopic (exact) mass is 1140 g/mol. The van der Waals surface area contributed by atoms with Crippen LogP contribution in [0.1, 0.15) is 117 Å². The summed E-state index contributed by atoms with van der Waals surface area (Å²) in [6, 6.07) is -0.945. The number of nitrogens with one attached hydrogen (secondary N) is 10. The summed E-state index contributed by atoms with van der Waals surface area (Å²) in [5.41, 5.74) is 13.8. The van der Waals surface area contributed by atoms with Crippen molar-refractivity contribution >= 4 is 53.4 Å². The summed E-state index contributed by atoms with van der Waals surface area (Å²) in [5.74, 6) is -6.12. The predicted octanol–water partition coefficient (Wildman–Crippen LogP) is 0.871. The number of rotatable bonds is 30. The van der Waals surface area contributed by atoms with Crippen LogP contribution in [-0.4, -0.2) is 155 Å². The number of primary amides is 1. The molecule has 0 aliphatic carbocycles. The second-order valence-corrected chi connectivity index (χ2v) is 22.8. The molecule has 3 aromatic heterocycles. The van der Waals surface area contributed by atoms with Crippen LogP contribution >= 0.6 is 0 Å². The number of ether oxygens (including phenoxy) is 1. The molecule has 0 saturated carbocycles. The molecule has 0 spiro atoms. The summed E-state index contributed by atoms with van der Waals surface area (Å²) < 4.78 is 5.47. The Morgan fingerprint density at radius 1 is 0.671 bits per heavy atom. The minimum Gasteiger partial charge on any atom is -0.444 e. The largest absolute Gasteiger partial charge is 0.444 e. The smallest absolute Gasteiger partial charge is 0.408 e. The normalized spacial score (nSPS) is 16.7. The Hall–Kier alpha value is -8.16. The van der Waals surface area contributed by atoms with E-state index in [0.717, 1.165) is 0 Å². The number of imidazole rings is 3. The highest BCUT2D eigenvalue weighted by Gasteiger charge is 2.41. The number of hydrogen-bond acceptors (Lipinski definition) is 14. The maximum Gasteiger partial charge on any atom is 0.408 e. The molecule has 1 aromatic carbocycles. The molecular formula is C56H84N16O10. The van der Waals surface area contributed by atoms with Crippen molar-refractivity contribution in [1.29, 1.82) is 0 Å². The average Bonchev–Trinajstić information content (AvgIpc) is 4.47. The molecule has 0 bridgehead atoms. The fraction of sp³-hybridized carbons (Fsp3) is 0.571. The molecular weight excluding hydrogens is 1060 g/mol. The van der Waals surface area contributed by atoms with E-state index in [9.17, 15) is 43.2 Å². The van der Waals surface area contributed by atoms with Gasteiger partial charge >= 0.3 is 6.09 Å². The number of amides is 9. The third-order valence-electron chi connectivity index (χ3n) is 14.0. The lowest BCUT2D eigenvalue weighted by atomic mass is 9.94. The number of aromatic amines is 3. The Kier molecular flexibility index (Phi) is 24.1. The Morgan fingerprint density at radius 2 is 1.21 bits per heavy atom. The maximum absolute atomic E-state index is 14.7. The summed E-state index contributed by atoms with van der Waals surface area (Å²) >= 11 is 0. The van der Waals surface area contributed by atoms with Crippen LogP contribution in [0.3, 0.4) is 0 Å². The molecule has 26 heteroatoms. The highest BCUT2D eigenvalue weighted by molar-refractivity contribution is 5.97. The Balaban J connectivity index is 1.31. The van der Waals surface area contributed by atoms with Gasteiger partial charge in [0.2, 0.25) is 47.3 Å². The van der Waals surface area contributed by atoms with Crippen LogP contribution in [0.2, 0.25) is 0 Å². The fourth-order valence-corrected chi connectivity index (χ4v) is 9.50. The molecule has 4 heterocycles. The minimum atomic E-state index is -1.28. The van der Waals surface area contributed by atoms with E-state index < -0.39 is 125 Å². The molecule has 1 fully saturated rings. The number of alkyl carbamates (subject to hydrolysis) is 1. The molecule has 4 aromatic rings. The minimum absolute atomic E-state index is 0.000590. The molecule has 0 radical (unpaired) electrons. The first-order chi connectivity index (χ1) is 38.8. The highest BCUT2D eigenvalue weighted by Crippen LogP contribution is 2.22. The molecule has 448 valence electrons. The first kappa shape index (κ1) is 64.7. The summed E-state index contributed by atoms with van der Waals surface area (Å²) in [5, 5.41) is 19.6. The molecule has 82 heavy (non-hydrogen) atoms. The van der Waals surface area contributed by atoms with Gasteiger partial charge in [-0.2, -0.15) is 0 Å². The van der Waals surface area contributed by atoms with Crippen molar-refractivity contribution in [3.05, 3.63) is 90.5 Å². The number of carbonyl (C=O) groups excluding carboxylic acids is 9. The van der Waals surface area contributed by atoms with Crippen molar-refractivity contribution in [3.8, 4) is 0 Å². The van der Waals surface area contributed by atoms with Crippen LogP contribution in [0.25, 0.3) is 0 Å². The van der Waals surface area contributed by atoms with E-state index in [1.54, 1.807) is 71.9 Å². The molecule has 1 saturated heterocycles.